The molecule has 1 saturated heterocycles. The van der Waals surface area contributed by atoms with Crippen LogP contribution in [0.1, 0.15) is 39.3 Å². The molecule has 1 aliphatic rings. The number of benzene rings is 2. The predicted octanol–water partition coefficient (Wildman–Crippen LogP) is 4.50. The second-order valence-corrected chi connectivity index (χ2v) is 9.52. The summed E-state index contributed by atoms with van der Waals surface area (Å²) in [7, 11) is 1.88. The molecule has 0 unspecified atom stereocenters. The number of nitrogens with zero attached hydrogens (tertiary/aromatic N) is 5. The Bertz CT molecular complexity index is 1320. The molecule has 1 fully saturated rings. The quantitative estimate of drug-likeness (QED) is 0.380. The standard InChI is InChI=1S/C30H31N5O2/c1-33(30(37)27-13-5-6-16-31-27)28(21-23-9-3-2-4-10-23)24-14-19-34(20-15-24)29(36)25-11-7-12-26(22-25)35-18-8-17-32-35/h2-13,16-18,22,24,28H,14-15,19-21H2,1H3/t28-/m0/s1. The van der Waals surface area contributed by atoms with E-state index in [-0.39, 0.29) is 23.8 Å². The fourth-order valence-electron chi connectivity index (χ4n) is 5.17. The van der Waals surface area contributed by atoms with Crippen LogP contribution in [-0.2, 0) is 6.42 Å². The zero-order chi connectivity index (χ0) is 25.6. The van der Waals surface area contributed by atoms with Crippen molar-refractivity contribution in [2.45, 2.75) is 25.3 Å². The number of carbonyl (C=O) groups is 2. The van der Waals surface area contributed by atoms with Crippen molar-refractivity contribution < 1.29 is 9.59 Å². The number of pyridine rings is 1. The highest BCUT2D eigenvalue weighted by Gasteiger charge is 2.33. The van der Waals surface area contributed by atoms with E-state index in [0.717, 1.165) is 24.9 Å². The number of likely N-dealkylation sites (N-methyl/N-ethyl adjacent to an activating group) is 1. The number of likely N-dealkylation sites (tertiary alicyclic amines) is 1. The van der Waals surface area contributed by atoms with Crippen molar-refractivity contribution in [3.63, 3.8) is 0 Å². The van der Waals surface area contributed by atoms with Crippen LogP contribution in [0.5, 0.6) is 0 Å². The maximum atomic E-state index is 13.3. The normalized spacial score (nSPS) is 14.8. The van der Waals surface area contributed by atoms with Crippen LogP contribution in [-0.4, -0.2) is 62.6 Å². The topological polar surface area (TPSA) is 71.3 Å². The van der Waals surface area contributed by atoms with Crippen LogP contribution in [0.4, 0.5) is 0 Å². The molecular formula is C30H31N5O2. The van der Waals surface area contributed by atoms with Gasteiger partial charge in [0.05, 0.1) is 5.69 Å². The molecule has 0 N–H and O–H groups in total. The maximum absolute atomic E-state index is 13.3. The molecule has 2 aromatic heterocycles. The largest absolute Gasteiger partial charge is 0.339 e. The van der Waals surface area contributed by atoms with E-state index in [1.165, 1.54) is 5.56 Å². The molecular weight excluding hydrogens is 462 g/mol. The van der Waals surface area contributed by atoms with E-state index < -0.39 is 0 Å². The van der Waals surface area contributed by atoms with Gasteiger partial charge in [-0.05, 0) is 67.1 Å². The highest BCUT2D eigenvalue weighted by molar-refractivity contribution is 5.95. The van der Waals surface area contributed by atoms with Crippen LogP contribution in [0.2, 0.25) is 0 Å². The highest BCUT2D eigenvalue weighted by Crippen LogP contribution is 2.28. The van der Waals surface area contributed by atoms with Gasteiger partial charge < -0.3 is 9.80 Å². The fourth-order valence-corrected chi connectivity index (χ4v) is 5.17. The molecule has 2 amide bonds. The predicted molar refractivity (Wildman–Crippen MR) is 142 cm³/mol. The third-order valence-corrected chi connectivity index (χ3v) is 7.22. The summed E-state index contributed by atoms with van der Waals surface area (Å²) in [5, 5.41) is 4.27. The van der Waals surface area contributed by atoms with Gasteiger partial charge in [-0.3, -0.25) is 14.6 Å². The van der Waals surface area contributed by atoms with Crippen LogP contribution in [0.15, 0.2) is 97.5 Å². The van der Waals surface area contributed by atoms with Crippen molar-refractivity contribution in [2.24, 2.45) is 5.92 Å². The molecule has 0 aliphatic carbocycles. The molecule has 7 heteroatoms. The first kappa shape index (κ1) is 24.4. The number of aromatic nitrogens is 3. The van der Waals surface area contributed by atoms with E-state index in [0.29, 0.717) is 24.3 Å². The van der Waals surface area contributed by atoms with Crippen LogP contribution < -0.4 is 0 Å². The number of amides is 2. The number of hydrogen-bond donors (Lipinski definition) is 0. The van der Waals surface area contributed by atoms with Crippen molar-refractivity contribution in [3.05, 3.63) is 114 Å². The second-order valence-electron chi connectivity index (χ2n) is 9.52. The summed E-state index contributed by atoms with van der Waals surface area (Å²) < 4.78 is 1.76. The third kappa shape index (κ3) is 5.61. The molecule has 37 heavy (non-hydrogen) atoms. The molecule has 188 valence electrons. The Morgan fingerprint density at radius 1 is 0.946 bits per heavy atom. The van der Waals surface area contributed by atoms with Crippen molar-refractivity contribution in [3.8, 4) is 5.69 Å². The lowest BCUT2D eigenvalue weighted by atomic mass is 9.84. The van der Waals surface area contributed by atoms with Crippen LogP contribution in [0.3, 0.4) is 0 Å². The summed E-state index contributed by atoms with van der Waals surface area (Å²) in [6.45, 7) is 1.32. The monoisotopic (exact) mass is 493 g/mol. The number of hydrogen-bond acceptors (Lipinski definition) is 4. The third-order valence-electron chi connectivity index (χ3n) is 7.22. The Morgan fingerprint density at radius 2 is 1.73 bits per heavy atom. The van der Waals surface area contributed by atoms with E-state index >= 15 is 0 Å². The minimum absolute atomic E-state index is 0.0114. The van der Waals surface area contributed by atoms with Crippen LogP contribution in [0, 0.1) is 5.92 Å². The second kappa shape index (κ2) is 11.2. The van der Waals surface area contributed by atoms with Crippen LogP contribution in [0.25, 0.3) is 5.69 Å². The molecule has 0 radical (unpaired) electrons. The van der Waals surface area contributed by atoms with Crippen molar-refractivity contribution in [2.75, 3.05) is 20.1 Å². The zero-order valence-electron chi connectivity index (χ0n) is 21.0. The van der Waals surface area contributed by atoms with E-state index in [1.807, 2.05) is 83.7 Å². The molecule has 0 spiro atoms. The lowest BCUT2D eigenvalue weighted by Crippen LogP contribution is -2.48. The molecule has 0 bridgehead atoms. The Morgan fingerprint density at radius 3 is 2.43 bits per heavy atom. The van der Waals surface area contributed by atoms with Gasteiger partial charge in [-0.2, -0.15) is 5.10 Å². The van der Waals surface area contributed by atoms with Gasteiger partial charge in [-0.15, -0.1) is 0 Å². The average Bonchev–Trinajstić information content (AvgIpc) is 3.51. The van der Waals surface area contributed by atoms with Crippen molar-refractivity contribution >= 4 is 11.8 Å². The van der Waals surface area contributed by atoms with E-state index in [1.54, 1.807) is 23.1 Å². The molecule has 7 nitrogen and oxygen atoms in total. The van der Waals surface area contributed by atoms with Gasteiger partial charge in [0.1, 0.15) is 5.69 Å². The van der Waals surface area contributed by atoms with Gasteiger partial charge in [-0.25, -0.2) is 4.68 Å². The molecule has 2 aromatic carbocycles. The summed E-state index contributed by atoms with van der Waals surface area (Å²) >= 11 is 0. The van der Waals surface area contributed by atoms with Crippen molar-refractivity contribution in [1.82, 2.24) is 24.6 Å². The molecule has 3 heterocycles. The first-order chi connectivity index (χ1) is 18.1. The fraction of sp³-hybridized carbons (Fsp3) is 0.267. The summed E-state index contributed by atoms with van der Waals surface area (Å²) in [5.41, 5.74) is 3.17. The average molecular weight is 494 g/mol. The van der Waals surface area contributed by atoms with E-state index in [9.17, 15) is 9.59 Å². The lowest BCUT2D eigenvalue weighted by molar-refractivity contribution is 0.0519. The molecule has 4 aromatic rings. The summed E-state index contributed by atoms with van der Waals surface area (Å²) in [6, 6.07) is 25.2. The van der Waals surface area contributed by atoms with Gasteiger partial charge in [0.25, 0.3) is 11.8 Å². The van der Waals surface area contributed by atoms with E-state index in [4.69, 9.17) is 0 Å². The molecule has 5 rings (SSSR count). The number of piperidine rings is 1. The molecule has 1 aliphatic heterocycles. The molecule has 0 saturated carbocycles. The summed E-state index contributed by atoms with van der Waals surface area (Å²) in [4.78, 5) is 34.7. The maximum Gasteiger partial charge on any atom is 0.272 e. The highest BCUT2D eigenvalue weighted by atomic mass is 16.2. The summed E-state index contributed by atoms with van der Waals surface area (Å²) in [5.74, 6) is 0.234. The Kier molecular flexibility index (Phi) is 7.40. The van der Waals surface area contributed by atoms with Gasteiger partial charge >= 0.3 is 0 Å². The number of rotatable bonds is 7. The molecule has 1 atom stereocenters. The lowest BCUT2D eigenvalue weighted by Gasteiger charge is -2.40. The Balaban J connectivity index is 1.30. The van der Waals surface area contributed by atoms with Gasteiger partial charge in [0.2, 0.25) is 0 Å². The van der Waals surface area contributed by atoms with E-state index in [2.05, 4.69) is 22.2 Å². The van der Waals surface area contributed by atoms with Gasteiger partial charge in [0, 0.05) is 50.3 Å². The zero-order valence-corrected chi connectivity index (χ0v) is 21.0. The Labute approximate surface area is 217 Å². The van der Waals surface area contributed by atoms with Gasteiger partial charge in [0.15, 0.2) is 0 Å². The smallest absolute Gasteiger partial charge is 0.272 e. The Hall–Kier alpha value is -4.26. The van der Waals surface area contributed by atoms with Gasteiger partial charge in [-0.1, -0.05) is 42.5 Å². The first-order valence-corrected chi connectivity index (χ1v) is 12.7. The minimum atomic E-state index is -0.0736. The van der Waals surface area contributed by atoms with Crippen LogP contribution >= 0.6 is 0 Å². The first-order valence-electron chi connectivity index (χ1n) is 12.7. The minimum Gasteiger partial charge on any atom is -0.339 e. The number of carbonyl (C=O) groups excluding carboxylic acids is 2. The van der Waals surface area contributed by atoms with Crippen molar-refractivity contribution in [1.29, 1.82) is 0 Å². The SMILES string of the molecule is CN(C(=O)c1ccccn1)[C@@H](Cc1ccccc1)C1CCN(C(=O)c2cccc(-n3cccn3)c2)CC1. The summed E-state index contributed by atoms with van der Waals surface area (Å²) in [6.07, 6.45) is 7.68.